The number of carbonyl (C=O) groups excluding carboxylic acids is 1. The van der Waals surface area contributed by atoms with Gasteiger partial charge in [0, 0.05) is 17.5 Å². The number of hydrogen-bond donors (Lipinski definition) is 2. The first-order valence-corrected chi connectivity index (χ1v) is 6.29. The Kier molecular flexibility index (Phi) is 4.19. The molecule has 0 saturated carbocycles. The van der Waals surface area contributed by atoms with Crippen LogP contribution in [0, 0.1) is 11.3 Å². The monoisotopic (exact) mass is 263 g/mol. The van der Waals surface area contributed by atoms with E-state index in [9.17, 15) is 4.79 Å². The van der Waals surface area contributed by atoms with Crippen LogP contribution >= 0.6 is 11.6 Å². The Balaban J connectivity index is 2.02. The highest BCUT2D eigenvalue weighted by Crippen LogP contribution is 2.21. The van der Waals surface area contributed by atoms with Gasteiger partial charge in [0.25, 0.3) is 0 Å². The molecule has 1 heterocycles. The molecule has 5 heteroatoms. The number of carbonyl (C=O) groups is 1. The minimum Gasteiger partial charge on any atom is -0.325 e. The van der Waals surface area contributed by atoms with Gasteiger partial charge in [0.05, 0.1) is 11.3 Å². The van der Waals surface area contributed by atoms with E-state index in [2.05, 4.69) is 10.6 Å². The molecule has 1 aliphatic heterocycles. The Labute approximate surface area is 111 Å². The third kappa shape index (κ3) is 3.22. The van der Waals surface area contributed by atoms with Crippen molar-refractivity contribution in [2.45, 2.75) is 25.3 Å². The fraction of sp³-hybridized carbons (Fsp3) is 0.385. The van der Waals surface area contributed by atoms with Crippen LogP contribution in [0.2, 0.25) is 5.02 Å². The Morgan fingerprint density at radius 2 is 2.44 bits per heavy atom. The molecule has 1 fully saturated rings. The van der Waals surface area contributed by atoms with Gasteiger partial charge in [0.15, 0.2) is 0 Å². The zero-order valence-electron chi connectivity index (χ0n) is 9.87. The van der Waals surface area contributed by atoms with E-state index in [-0.39, 0.29) is 11.9 Å². The Morgan fingerprint density at radius 3 is 3.11 bits per heavy atom. The summed E-state index contributed by atoms with van der Waals surface area (Å²) in [5, 5.41) is 15.5. The molecule has 4 nitrogen and oxygen atoms in total. The number of anilines is 1. The SMILES string of the molecule is N#Cc1ccc(Cl)cc1NC(=O)CC1CCCN1. The van der Waals surface area contributed by atoms with Gasteiger partial charge in [-0.3, -0.25) is 4.79 Å². The fourth-order valence-corrected chi connectivity index (χ4v) is 2.25. The summed E-state index contributed by atoms with van der Waals surface area (Å²) in [5.74, 6) is -0.0897. The van der Waals surface area contributed by atoms with Crippen molar-refractivity contribution in [1.82, 2.24) is 5.32 Å². The van der Waals surface area contributed by atoms with Gasteiger partial charge in [-0.05, 0) is 37.6 Å². The third-order valence-electron chi connectivity index (χ3n) is 2.97. The fourth-order valence-electron chi connectivity index (χ4n) is 2.07. The average molecular weight is 264 g/mol. The quantitative estimate of drug-likeness (QED) is 0.879. The van der Waals surface area contributed by atoms with Crippen molar-refractivity contribution in [2.75, 3.05) is 11.9 Å². The topological polar surface area (TPSA) is 64.9 Å². The van der Waals surface area contributed by atoms with Gasteiger partial charge >= 0.3 is 0 Å². The molecule has 1 unspecified atom stereocenters. The summed E-state index contributed by atoms with van der Waals surface area (Å²) < 4.78 is 0. The lowest BCUT2D eigenvalue weighted by molar-refractivity contribution is -0.116. The molecule has 1 amide bonds. The molecule has 1 aliphatic rings. The highest BCUT2D eigenvalue weighted by molar-refractivity contribution is 6.31. The number of nitrogens with zero attached hydrogens (tertiary/aromatic N) is 1. The largest absolute Gasteiger partial charge is 0.325 e. The summed E-state index contributed by atoms with van der Waals surface area (Å²) >= 11 is 5.85. The number of hydrogen-bond acceptors (Lipinski definition) is 3. The molecule has 0 aliphatic carbocycles. The highest BCUT2D eigenvalue weighted by atomic mass is 35.5. The summed E-state index contributed by atoms with van der Waals surface area (Å²) in [6.45, 7) is 0.971. The summed E-state index contributed by atoms with van der Waals surface area (Å²) in [7, 11) is 0. The number of nitriles is 1. The molecular formula is C13H14ClN3O. The molecule has 0 aromatic heterocycles. The Morgan fingerprint density at radius 1 is 1.61 bits per heavy atom. The summed E-state index contributed by atoms with van der Waals surface area (Å²) in [6.07, 6.45) is 2.56. The van der Waals surface area contributed by atoms with E-state index in [4.69, 9.17) is 16.9 Å². The van der Waals surface area contributed by atoms with E-state index < -0.39 is 0 Å². The van der Waals surface area contributed by atoms with Crippen molar-refractivity contribution in [3.05, 3.63) is 28.8 Å². The number of amides is 1. The van der Waals surface area contributed by atoms with Crippen LogP contribution in [0.25, 0.3) is 0 Å². The smallest absolute Gasteiger partial charge is 0.225 e. The molecule has 1 atom stereocenters. The average Bonchev–Trinajstić information content (AvgIpc) is 2.82. The van der Waals surface area contributed by atoms with Crippen molar-refractivity contribution >= 4 is 23.2 Å². The first kappa shape index (κ1) is 12.9. The standard InChI is InChI=1S/C13H14ClN3O/c14-10-4-3-9(8-15)12(6-10)17-13(18)7-11-2-1-5-16-11/h3-4,6,11,16H,1-2,5,7H2,(H,17,18). The molecule has 1 aromatic carbocycles. The van der Waals surface area contributed by atoms with Gasteiger partial charge in [-0.25, -0.2) is 0 Å². The molecule has 0 radical (unpaired) electrons. The van der Waals surface area contributed by atoms with E-state index in [1.54, 1.807) is 18.2 Å². The summed E-state index contributed by atoms with van der Waals surface area (Å²) in [5.41, 5.74) is 0.903. The van der Waals surface area contributed by atoms with Crippen LogP contribution in [-0.4, -0.2) is 18.5 Å². The maximum absolute atomic E-state index is 11.8. The van der Waals surface area contributed by atoms with E-state index in [0.29, 0.717) is 22.7 Å². The van der Waals surface area contributed by atoms with E-state index in [1.165, 1.54) is 0 Å². The Bertz CT molecular complexity index is 489. The number of rotatable bonds is 3. The lowest BCUT2D eigenvalue weighted by Crippen LogP contribution is -2.27. The molecule has 0 spiro atoms. The maximum atomic E-state index is 11.8. The minimum absolute atomic E-state index is 0.0897. The van der Waals surface area contributed by atoms with E-state index in [0.717, 1.165) is 19.4 Å². The maximum Gasteiger partial charge on any atom is 0.225 e. The van der Waals surface area contributed by atoms with Crippen molar-refractivity contribution in [3.63, 3.8) is 0 Å². The zero-order chi connectivity index (χ0) is 13.0. The van der Waals surface area contributed by atoms with Gasteiger partial charge in [-0.15, -0.1) is 0 Å². The van der Waals surface area contributed by atoms with E-state index >= 15 is 0 Å². The number of benzene rings is 1. The Hall–Kier alpha value is -1.57. The minimum atomic E-state index is -0.0897. The third-order valence-corrected chi connectivity index (χ3v) is 3.21. The molecule has 1 aromatic rings. The van der Waals surface area contributed by atoms with Crippen LogP contribution in [-0.2, 0) is 4.79 Å². The van der Waals surface area contributed by atoms with Crippen molar-refractivity contribution in [1.29, 1.82) is 5.26 Å². The molecular weight excluding hydrogens is 250 g/mol. The second-order valence-electron chi connectivity index (χ2n) is 4.35. The molecule has 2 rings (SSSR count). The van der Waals surface area contributed by atoms with Crippen LogP contribution in [0.3, 0.4) is 0 Å². The lowest BCUT2D eigenvalue weighted by atomic mass is 10.1. The van der Waals surface area contributed by atoms with Crippen molar-refractivity contribution < 1.29 is 4.79 Å². The zero-order valence-corrected chi connectivity index (χ0v) is 10.6. The highest BCUT2D eigenvalue weighted by Gasteiger charge is 2.18. The van der Waals surface area contributed by atoms with Crippen LogP contribution in [0.5, 0.6) is 0 Å². The summed E-state index contributed by atoms with van der Waals surface area (Å²) in [6, 6.07) is 7.11. The van der Waals surface area contributed by atoms with Gasteiger partial charge in [0.1, 0.15) is 6.07 Å². The first-order chi connectivity index (χ1) is 8.69. The van der Waals surface area contributed by atoms with Crippen LogP contribution < -0.4 is 10.6 Å². The lowest BCUT2D eigenvalue weighted by Gasteiger charge is -2.11. The summed E-state index contributed by atoms with van der Waals surface area (Å²) in [4.78, 5) is 11.8. The van der Waals surface area contributed by atoms with Crippen LogP contribution in [0.15, 0.2) is 18.2 Å². The second kappa shape index (κ2) is 5.85. The number of nitrogens with one attached hydrogen (secondary N) is 2. The first-order valence-electron chi connectivity index (χ1n) is 5.92. The van der Waals surface area contributed by atoms with Gasteiger partial charge < -0.3 is 10.6 Å². The van der Waals surface area contributed by atoms with Crippen molar-refractivity contribution in [3.8, 4) is 6.07 Å². The molecule has 2 N–H and O–H groups in total. The molecule has 94 valence electrons. The normalized spacial score (nSPS) is 18.3. The number of halogens is 1. The van der Waals surface area contributed by atoms with Gasteiger partial charge in [-0.2, -0.15) is 5.26 Å². The second-order valence-corrected chi connectivity index (χ2v) is 4.78. The van der Waals surface area contributed by atoms with Gasteiger partial charge in [0.2, 0.25) is 5.91 Å². The predicted octanol–water partition coefficient (Wildman–Crippen LogP) is 2.29. The van der Waals surface area contributed by atoms with Crippen molar-refractivity contribution in [2.24, 2.45) is 0 Å². The molecule has 0 bridgehead atoms. The molecule has 1 saturated heterocycles. The van der Waals surface area contributed by atoms with Crippen LogP contribution in [0.1, 0.15) is 24.8 Å². The van der Waals surface area contributed by atoms with E-state index in [1.807, 2.05) is 6.07 Å². The van der Waals surface area contributed by atoms with Gasteiger partial charge in [-0.1, -0.05) is 11.6 Å². The predicted molar refractivity (Wildman–Crippen MR) is 70.4 cm³/mol. The van der Waals surface area contributed by atoms with Crippen LogP contribution in [0.4, 0.5) is 5.69 Å². The molecule has 18 heavy (non-hydrogen) atoms.